The Morgan fingerprint density at radius 3 is 2.39 bits per heavy atom. The maximum atomic E-state index is 5.93. The number of methoxy groups -OCH3 is 2. The molecule has 2 aromatic rings. The molecule has 23 heavy (non-hydrogen) atoms. The van der Waals surface area contributed by atoms with E-state index in [1.54, 1.807) is 32.6 Å². The third-order valence-electron chi connectivity index (χ3n) is 3.00. The number of hydrogen-bond acceptors (Lipinski definition) is 5. The van der Waals surface area contributed by atoms with Crippen LogP contribution in [0, 0.1) is 0 Å². The van der Waals surface area contributed by atoms with Crippen LogP contribution >= 0.6 is 11.6 Å². The number of benzene rings is 2. The molecule has 5 nitrogen and oxygen atoms in total. The molecule has 0 saturated carbocycles. The van der Waals surface area contributed by atoms with Gasteiger partial charge in [-0.3, -0.25) is 5.43 Å². The number of hydrogen-bond donors (Lipinski definition) is 1. The van der Waals surface area contributed by atoms with Crippen LogP contribution in [0.15, 0.2) is 41.5 Å². The minimum atomic E-state index is 0.524. The zero-order valence-corrected chi connectivity index (χ0v) is 14.1. The molecule has 0 spiro atoms. The standard InChI is InChI=1S/C17H19ClN2O3/c1-4-23-17-15(21-2)8-12(9-16(17)22-3)11-19-20-14-7-5-6-13(18)10-14/h5-11,20H,4H2,1-3H3. The number of ether oxygens (including phenoxy) is 3. The number of anilines is 1. The van der Waals surface area contributed by atoms with Gasteiger partial charge in [0, 0.05) is 10.6 Å². The summed E-state index contributed by atoms with van der Waals surface area (Å²) in [5, 5.41) is 4.84. The summed E-state index contributed by atoms with van der Waals surface area (Å²) in [5.41, 5.74) is 4.54. The van der Waals surface area contributed by atoms with Gasteiger partial charge in [0.15, 0.2) is 11.5 Å². The van der Waals surface area contributed by atoms with Crippen LogP contribution in [-0.4, -0.2) is 27.0 Å². The number of nitrogens with zero attached hydrogens (tertiary/aromatic N) is 1. The lowest BCUT2D eigenvalue weighted by molar-refractivity contribution is 0.288. The molecule has 6 heteroatoms. The topological polar surface area (TPSA) is 52.1 Å². The summed E-state index contributed by atoms with van der Waals surface area (Å²) in [7, 11) is 3.17. The lowest BCUT2D eigenvalue weighted by Gasteiger charge is -2.14. The summed E-state index contributed by atoms with van der Waals surface area (Å²) < 4.78 is 16.3. The molecular weight excluding hydrogens is 316 g/mol. The number of hydrazone groups is 1. The van der Waals surface area contributed by atoms with Crippen LogP contribution in [0.25, 0.3) is 0 Å². The Morgan fingerprint density at radius 2 is 1.83 bits per heavy atom. The van der Waals surface area contributed by atoms with Crippen molar-refractivity contribution in [2.24, 2.45) is 5.10 Å². The van der Waals surface area contributed by atoms with Gasteiger partial charge < -0.3 is 14.2 Å². The zero-order valence-electron chi connectivity index (χ0n) is 13.3. The Balaban J connectivity index is 2.20. The van der Waals surface area contributed by atoms with E-state index in [1.165, 1.54) is 0 Å². The van der Waals surface area contributed by atoms with Crippen molar-refractivity contribution in [3.63, 3.8) is 0 Å². The van der Waals surface area contributed by atoms with E-state index in [-0.39, 0.29) is 0 Å². The summed E-state index contributed by atoms with van der Waals surface area (Å²) in [5.74, 6) is 1.77. The molecule has 0 saturated heterocycles. The maximum absolute atomic E-state index is 5.93. The smallest absolute Gasteiger partial charge is 0.203 e. The molecule has 2 aromatic carbocycles. The zero-order chi connectivity index (χ0) is 16.7. The first kappa shape index (κ1) is 17.0. The second-order valence-electron chi connectivity index (χ2n) is 4.57. The highest BCUT2D eigenvalue weighted by molar-refractivity contribution is 6.30. The van der Waals surface area contributed by atoms with Gasteiger partial charge in [0.1, 0.15) is 0 Å². The molecule has 1 N–H and O–H groups in total. The molecule has 0 unspecified atom stereocenters. The number of nitrogens with one attached hydrogen (secondary N) is 1. The fraction of sp³-hybridized carbons (Fsp3) is 0.235. The van der Waals surface area contributed by atoms with Crippen molar-refractivity contribution < 1.29 is 14.2 Å². The van der Waals surface area contributed by atoms with E-state index < -0.39 is 0 Å². The molecule has 0 aliphatic heterocycles. The van der Waals surface area contributed by atoms with E-state index in [0.717, 1.165) is 11.3 Å². The van der Waals surface area contributed by atoms with Gasteiger partial charge in [0.2, 0.25) is 5.75 Å². The van der Waals surface area contributed by atoms with E-state index in [9.17, 15) is 0 Å². The molecule has 0 heterocycles. The third kappa shape index (κ3) is 4.53. The second kappa shape index (κ2) is 8.29. The van der Waals surface area contributed by atoms with Crippen molar-refractivity contribution >= 4 is 23.5 Å². The molecule has 0 aromatic heterocycles. The fourth-order valence-corrected chi connectivity index (χ4v) is 2.19. The van der Waals surface area contributed by atoms with Crippen molar-refractivity contribution in [2.75, 3.05) is 26.3 Å². The summed E-state index contributed by atoms with van der Waals surface area (Å²) in [6.07, 6.45) is 1.67. The quantitative estimate of drug-likeness (QED) is 0.609. The van der Waals surface area contributed by atoms with Crippen molar-refractivity contribution in [1.29, 1.82) is 0 Å². The third-order valence-corrected chi connectivity index (χ3v) is 3.24. The van der Waals surface area contributed by atoms with E-state index >= 15 is 0 Å². The highest BCUT2D eigenvalue weighted by Gasteiger charge is 2.13. The molecule has 0 atom stereocenters. The largest absolute Gasteiger partial charge is 0.493 e. The van der Waals surface area contributed by atoms with Gasteiger partial charge >= 0.3 is 0 Å². The van der Waals surface area contributed by atoms with Crippen LogP contribution in [-0.2, 0) is 0 Å². The number of halogens is 1. The van der Waals surface area contributed by atoms with Crippen molar-refractivity contribution in [2.45, 2.75) is 6.92 Å². The van der Waals surface area contributed by atoms with E-state index in [1.807, 2.05) is 31.2 Å². The molecule has 0 aliphatic carbocycles. The molecule has 0 bridgehead atoms. The summed E-state index contributed by atoms with van der Waals surface area (Å²) in [4.78, 5) is 0. The lowest BCUT2D eigenvalue weighted by atomic mass is 10.2. The van der Waals surface area contributed by atoms with Crippen molar-refractivity contribution in [3.05, 3.63) is 47.0 Å². The van der Waals surface area contributed by atoms with Crippen LogP contribution in [0.3, 0.4) is 0 Å². The van der Waals surface area contributed by atoms with Crippen LogP contribution < -0.4 is 19.6 Å². The highest BCUT2D eigenvalue weighted by Crippen LogP contribution is 2.38. The molecule has 0 amide bonds. The van der Waals surface area contributed by atoms with E-state index in [2.05, 4.69) is 10.5 Å². The Morgan fingerprint density at radius 1 is 1.13 bits per heavy atom. The van der Waals surface area contributed by atoms with Gasteiger partial charge in [-0.1, -0.05) is 17.7 Å². The molecule has 122 valence electrons. The van der Waals surface area contributed by atoms with Gasteiger partial charge in [-0.2, -0.15) is 5.10 Å². The Kier molecular flexibility index (Phi) is 6.11. The molecule has 0 aliphatic rings. The average molecular weight is 335 g/mol. The number of rotatable bonds is 7. The first-order valence-electron chi connectivity index (χ1n) is 7.11. The normalized spacial score (nSPS) is 10.6. The van der Waals surface area contributed by atoms with Crippen LogP contribution in [0.5, 0.6) is 17.2 Å². The average Bonchev–Trinajstić information content (AvgIpc) is 2.56. The van der Waals surface area contributed by atoms with Gasteiger partial charge in [0.05, 0.1) is 32.7 Å². The first-order valence-corrected chi connectivity index (χ1v) is 7.49. The molecular formula is C17H19ClN2O3. The fourth-order valence-electron chi connectivity index (χ4n) is 2.00. The minimum Gasteiger partial charge on any atom is -0.493 e. The lowest BCUT2D eigenvalue weighted by Crippen LogP contribution is -2.00. The SMILES string of the molecule is CCOc1c(OC)cc(C=NNc2cccc(Cl)c2)cc1OC. The summed E-state index contributed by atoms with van der Waals surface area (Å²) in [6.45, 7) is 2.43. The Hall–Kier alpha value is -2.40. The maximum Gasteiger partial charge on any atom is 0.203 e. The van der Waals surface area contributed by atoms with Crippen LogP contribution in [0.2, 0.25) is 5.02 Å². The van der Waals surface area contributed by atoms with Crippen LogP contribution in [0.4, 0.5) is 5.69 Å². The highest BCUT2D eigenvalue weighted by atomic mass is 35.5. The molecule has 0 radical (unpaired) electrons. The van der Waals surface area contributed by atoms with Gasteiger partial charge in [0.25, 0.3) is 0 Å². The summed E-state index contributed by atoms with van der Waals surface area (Å²) in [6, 6.07) is 11.0. The van der Waals surface area contributed by atoms with Crippen LogP contribution in [0.1, 0.15) is 12.5 Å². The Labute approximate surface area is 140 Å². The van der Waals surface area contributed by atoms with Crippen molar-refractivity contribution in [1.82, 2.24) is 0 Å². The monoisotopic (exact) mass is 334 g/mol. The van der Waals surface area contributed by atoms with Crippen molar-refractivity contribution in [3.8, 4) is 17.2 Å². The summed E-state index contributed by atoms with van der Waals surface area (Å²) >= 11 is 5.93. The Bertz CT molecular complexity index is 664. The predicted octanol–water partition coefficient (Wildman–Crippen LogP) is 4.20. The van der Waals surface area contributed by atoms with Gasteiger partial charge in [-0.25, -0.2) is 0 Å². The second-order valence-corrected chi connectivity index (χ2v) is 5.00. The minimum absolute atomic E-state index is 0.524. The molecule has 2 rings (SSSR count). The van der Waals surface area contributed by atoms with E-state index in [0.29, 0.717) is 28.9 Å². The first-order chi connectivity index (χ1) is 11.2. The molecule has 0 fully saturated rings. The van der Waals surface area contributed by atoms with Gasteiger partial charge in [-0.15, -0.1) is 0 Å². The van der Waals surface area contributed by atoms with Gasteiger partial charge in [-0.05, 0) is 37.3 Å². The predicted molar refractivity (Wildman–Crippen MR) is 93.4 cm³/mol. The van der Waals surface area contributed by atoms with E-state index in [4.69, 9.17) is 25.8 Å².